The third-order valence-corrected chi connectivity index (χ3v) is 9.29. The number of pyridine rings is 1. The van der Waals surface area contributed by atoms with Gasteiger partial charge in [-0.1, -0.05) is 31.4 Å². The van der Waals surface area contributed by atoms with Gasteiger partial charge in [-0.05, 0) is 81.5 Å². The Hall–Kier alpha value is -4.57. The molecule has 2 aliphatic rings. The fraction of sp³-hybridized carbons (Fsp3) is 0.462. The zero-order chi connectivity index (χ0) is 34.5. The van der Waals surface area contributed by atoms with Crippen molar-refractivity contribution in [2.45, 2.75) is 83.6 Å². The quantitative estimate of drug-likeness (QED) is 0.185. The van der Waals surface area contributed by atoms with Crippen LogP contribution in [0.4, 0.5) is 4.79 Å². The number of aromatic nitrogens is 2. The molecular formula is C39H48N4O6. The molecule has 260 valence electrons. The van der Waals surface area contributed by atoms with Crippen molar-refractivity contribution in [3.63, 3.8) is 0 Å². The fourth-order valence-electron chi connectivity index (χ4n) is 6.91. The molecule has 0 spiro atoms. The number of nitrogens with zero attached hydrogens (tertiary/aromatic N) is 3. The van der Waals surface area contributed by atoms with Crippen LogP contribution in [-0.2, 0) is 22.6 Å². The largest absolute Gasteiger partial charge is 0.491 e. The van der Waals surface area contributed by atoms with Crippen LogP contribution in [0.3, 0.4) is 0 Å². The van der Waals surface area contributed by atoms with Crippen molar-refractivity contribution in [3.8, 4) is 22.8 Å². The molecule has 3 heterocycles. The van der Waals surface area contributed by atoms with E-state index in [0.717, 1.165) is 46.4 Å². The molecule has 1 aliphatic carbocycles. The molecule has 4 aromatic rings. The van der Waals surface area contributed by atoms with Crippen LogP contribution >= 0.6 is 0 Å². The number of amides is 1. The summed E-state index contributed by atoms with van der Waals surface area (Å²) in [5, 5.41) is 4.80. The Morgan fingerprint density at radius 1 is 1.06 bits per heavy atom. The highest BCUT2D eigenvalue weighted by molar-refractivity contribution is 5.99. The van der Waals surface area contributed by atoms with Crippen molar-refractivity contribution in [3.05, 3.63) is 77.6 Å². The Bertz CT molecular complexity index is 1770. The van der Waals surface area contributed by atoms with Gasteiger partial charge in [0.15, 0.2) is 0 Å². The molecule has 1 saturated carbocycles. The Kier molecular flexibility index (Phi) is 10.4. The minimum absolute atomic E-state index is 0.103. The van der Waals surface area contributed by atoms with Crippen LogP contribution in [0.25, 0.3) is 22.2 Å². The van der Waals surface area contributed by atoms with E-state index < -0.39 is 5.60 Å². The van der Waals surface area contributed by atoms with Gasteiger partial charge in [0.25, 0.3) is 0 Å². The lowest BCUT2D eigenvalue weighted by Gasteiger charge is -2.29. The highest BCUT2D eigenvalue weighted by atomic mass is 16.6. The minimum atomic E-state index is -0.565. The summed E-state index contributed by atoms with van der Waals surface area (Å²) in [6.07, 6.45) is 7.26. The van der Waals surface area contributed by atoms with Crippen molar-refractivity contribution in [2.75, 3.05) is 33.9 Å². The fourth-order valence-corrected chi connectivity index (χ4v) is 6.91. The summed E-state index contributed by atoms with van der Waals surface area (Å²) in [6, 6.07) is 17.7. The third kappa shape index (κ3) is 8.02. The molecule has 10 heteroatoms. The Morgan fingerprint density at radius 3 is 2.61 bits per heavy atom. The van der Waals surface area contributed by atoms with Crippen molar-refractivity contribution in [1.29, 1.82) is 0 Å². The summed E-state index contributed by atoms with van der Waals surface area (Å²) in [6.45, 7) is 7.94. The van der Waals surface area contributed by atoms with Crippen molar-refractivity contribution in [2.24, 2.45) is 0 Å². The summed E-state index contributed by atoms with van der Waals surface area (Å²) < 4.78 is 25.8. The topological polar surface area (TPSA) is 104 Å². The molecule has 0 bridgehead atoms. The van der Waals surface area contributed by atoms with Gasteiger partial charge < -0.3 is 33.7 Å². The predicted octanol–water partition coefficient (Wildman–Crippen LogP) is 7.33. The molecule has 1 N–H and O–H groups in total. The lowest BCUT2D eigenvalue weighted by molar-refractivity contribution is 0.0298. The molecule has 6 rings (SSSR count). The van der Waals surface area contributed by atoms with Gasteiger partial charge in [-0.15, -0.1) is 0 Å². The highest BCUT2D eigenvalue weighted by Gasteiger charge is 2.31. The monoisotopic (exact) mass is 668 g/mol. The molecule has 1 aliphatic heterocycles. The Labute approximate surface area is 288 Å². The van der Waals surface area contributed by atoms with Crippen LogP contribution < -0.4 is 14.8 Å². The second-order valence-electron chi connectivity index (χ2n) is 14.1. The van der Waals surface area contributed by atoms with E-state index >= 15 is 0 Å². The summed E-state index contributed by atoms with van der Waals surface area (Å²) in [5.41, 5.74) is 5.23. The standard InChI is InChI=1S/C39H48N4O6/c1-39(2,3)49-38(45)42(4)20-19-41-29-23-43-33-21-27(37(44)46-5)14-16-31(33)35(26-11-7-6-8-12-26)36(43)32-17-15-30(22-34(32)48-25-29)47-24-28-13-9-10-18-40-28/h9-10,13-18,21-22,26,29,41H,6-8,11-12,19-20,23-25H2,1-5H3/t29-/m1/s1. The first-order valence-electron chi connectivity index (χ1n) is 17.3. The molecule has 2 aromatic heterocycles. The number of fused-ring (bicyclic) bond motifs is 5. The zero-order valence-corrected chi connectivity index (χ0v) is 29.3. The summed E-state index contributed by atoms with van der Waals surface area (Å²) in [5.74, 6) is 1.46. The lowest BCUT2D eigenvalue weighted by atomic mass is 9.81. The molecule has 0 unspecified atom stereocenters. The molecule has 0 radical (unpaired) electrons. The first-order valence-corrected chi connectivity index (χ1v) is 17.3. The second-order valence-corrected chi connectivity index (χ2v) is 14.1. The average Bonchev–Trinajstić information content (AvgIpc) is 3.40. The maximum absolute atomic E-state index is 12.7. The third-order valence-electron chi connectivity index (χ3n) is 9.29. The predicted molar refractivity (Wildman–Crippen MR) is 189 cm³/mol. The first kappa shape index (κ1) is 34.3. The number of nitrogens with one attached hydrogen (secondary N) is 1. The van der Waals surface area contributed by atoms with Crippen molar-refractivity contribution < 1.29 is 28.5 Å². The van der Waals surface area contributed by atoms with Gasteiger partial charge in [-0.25, -0.2) is 9.59 Å². The average molecular weight is 669 g/mol. The Balaban J connectivity index is 1.39. The number of carbonyl (C=O) groups excluding carboxylic acids is 2. The number of hydrogen-bond donors (Lipinski definition) is 1. The van der Waals surface area contributed by atoms with Gasteiger partial charge in [0.05, 0.1) is 30.1 Å². The van der Waals surface area contributed by atoms with E-state index in [4.69, 9.17) is 18.9 Å². The van der Waals surface area contributed by atoms with E-state index in [9.17, 15) is 9.59 Å². The van der Waals surface area contributed by atoms with Crippen molar-refractivity contribution >= 4 is 23.0 Å². The SMILES string of the molecule is COC(=O)c1ccc2c(C3CCCCC3)c3n(c2c1)C[C@@H](NCCN(C)C(=O)OC(C)(C)C)COc1cc(OCc2ccccn2)ccc1-3. The number of benzene rings is 2. The summed E-state index contributed by atoms with van der Waals surface area (Å²) >= 11 is 0. The van der Waals surface area contributed by atoms with Gasteiger partial charge in [0.1, 0.15) is 30.3 Å². The number of hydrogen-bond acceptors (Lipinski definition) is 8. The van der Waals surface area contributed by atoms with E-state index in [1.807, 2.05) is 63.2 Å². The number of likely N-dealkylation sites (N-methyl/N-ethyl adjacent to an activating group) is 1. The summed E-state index contributed by atoms with van der Waals surface area (Å²) in [4.78, 5) is 31.3. The van der Waals surface area contributed by atoms with Gasteiger partial charge in [-0.3, -0.25) is 4.98 Å². The van der Waals surface area contributed by atoms with E-state index in [1.165, 1.54) is 31.9 Å². The van der Waals surface area contributed by atoms with E-state index in [-0.39, 0.29) is 18.1 Å². The van der Waals surface area contributed by atoms with Gasteiger partial charge in [0, 0.05) is 55.4 Å². The van der Waals surface area contributed by atoms with Gasteiger partial charge >= 0.3 is 12.1 Å². The maximum Gasteiger partial charge on any atom is 0.410 e. The zero-order valence-electron chi connectivity index (χ0n) is 29.3. The van der Waals surface area contributed by atoms with Crippen LogP contribution in [0, 0.1) is 0 Å². The van der Waals surface area contributed by atoms with Gasteiger partial charge in [0.2, 0.25) is 0 Å². The molecule has 49 heavy (non-hydrogen) atoms. The van der Waals surface area contributed by atoms with Crippen LogP contribution in [0.1, 0.15) is 80.4 Å². The number of esters is 1. The maximum atomic E-state index is 12.7. The smallest absolute Gasteiger partial charge is 0.410 e. The van der Waals surface area contributed by atoms with Crippen LogP contribution in [0.15, 0.2) is 60.8 Å². The highest BCUT2D eigenvalue weighted by Crippen LogP contribution is 2.47. The second kappa shape index (κ2) is 14.9. The summed E-state index contributed by atoms with van der Waals surface area (Å²) in [7, 11) is 3.16. The lowest BCUT2D eigenvalue weighted by Crippen LogP contribution is -2.44. The van der Waals surface area contributed by atoms with Crippen molar-refractivity contribution in [1.82, 2.24) is 19.8 Å². The van der Waals surface area contributed by atoms with E-state index in [0.29, 0.717) is 50.1 Å². The van der Waals surface area contributed by atoms with E-state index in [2.05, 4.69) is 27.0 Å². The Morgan fingerprint density at radius 2 is 1.88 bits per heavy atom. The van der Waals surface area contributed by atoms with Crippen LogP contribution in [0.2, 0.25) is 0 Å². The number of rotatable bonds is 9. The van der Waals surface area contributed by atoms with Crippen LogP contribution in [-0.4, -0.2) is 72.0 Å². The molecule has 0 saturated heterocycles. The molecule has 10 nitrogen and oxygen atoms in total. The number of ether oxygens (including phenoxy) is 4. The van der Waals surface area contributed by atoms with Crippen LogP contribution in [0.5, 0.6) is 11.5 Å². The number of methoxy groups -OCH3 is 1. The first-order chi connectivity index (χ1) is 23.6. The minimum Gasteiger partial charge on any atom is -0.491 e. The molecule has 1 amide bonds. The molecule has 2 aromatic carbocycles. The van der Waals surface area contributed by atoms with E-state index in [1.54, 1.807) is 18.1 Å². The number of carbonyl (C=O) groups is 2. The molecular weight excluding hydrogens is 620 g/mol. The molecule has 1 fully saturated rings. The normalized spacial score (nSPS) is 16.5. The van der Waals surface area contributed by atoms with Gasteiger partial charge in [-0.2, -0.15) is 0 Å². The molecule has 1 atom stereocenters.